The normalized spacial score (nSPS) is 39.8. The molecule has 0 unspecified atom stereocenters. The van der Waals surface area contributed by atoms with E-state index >= 15 is 0 Å². The zero-order valence-corrected chi connectivity index (χ0v) is 6.90. The van der Waals surface area contributed by atoms with Crippen LogP contribution in [0.3, 0.4) is 0 Å². The quantitative estimate of drug-likeness (QED) is 0.613. The van der Waals surface area contributed by atoms with E-state index < -0.39 is 0 Å². The monoisotopic (exact) mass is 152 g/mol. The van der Waals surface area contributed by atoms with Gasteiger partial charge in [-0.25, -0.2) is 0 Å². The Morgan fingerprint density at radius 3 is 1.18 bits per heavy atom. The average Bonchev–Trinajstić information content (AvgIpc) is 2.66. The summed E-state index contributed by atoms with van der Waals surface area (Å²) in [5.74, 6) is 0. The Morgan fingerprint density at radius 1 is 0.636 bits per heavy atom. The van der Waals surface area contributed by atoms with Gasteiger partial charge in [0.2, 0.25) is 0 Å². The fourth-order valence-corrected chi connectivity index (χ4v) is 2.84. The van der Waals surface area contributed by atoms with Crippen LogP contribution in [0, 0.1) is 5.41 Å². The number of rotatable bonds is 2. The van der Waals surface area contributed by atoms with Gasteiger partial charge >= 0.3 is 0 Å². The lowest BCUT2D eigenvalue weighted by molar-refractivity contribution is 0.290. The standard InChI is InChI=1S/C9H16N2/c10-8(3-4-8)7(1-2-7)9(11)5-6-9/h1-6,10-11H2. The van der Waals surface area contributed by atoms with Gasteiger partial charge in [-0.3, -0.25) is 0 Å². The van der Waals surface area contributed by atoms with Crippen LogP contribution in [-0.4, -0.2) is 11.1 Å². The van der Waals surface area contributed by atoms with Crippen LogP contribution in [0.4, 0.5) is 0 Å². The summed E-state index contributed by atoms with van der Waals surface area (Å²) in [6, 6.07) is 0. The Hall–Kier alpha value is -0.0800. The van der Waals surface area contributed by atoms with Crippen molar-refractivity contribution in [1.82, 2.24) is 0 Å². The smallest absolute Gasteiger partial charge is 0.0230 e. The van der Waals surface area contributed by atoms with Crippen molar-refractivity contribution >= 4 is 0 Å². The van der Waals surface area contributed by atoms with Gasteiger partial charge in [0.15, 0.2) is 0 Å². The SMILES string of the molecule is NC1(C2(C3(N)CC3)CC2)CC1. The van der Waals surface area contributed by atoms with E-state index in [1.54, 1.807) is 0 Å². The van der Waals surface area contributed by atoms with E-state index in [0.717, 1.165) is 0 Å². The second kappa shape index (κ2) is 1.38. The lowest BCUT2D eigenvalue weighted by Crippen LogP contribution is -2.48. The van der Waals surface area contributed by atoms with Crippen LogP contribution in [0.15, 0.2) is 0 Å². The summed E-state index contributed by atoms with van der Waals surface area (Å²) in [6.45, 7) is 0. The number of hydrogen-bond acceptors (Lipinski definition) is 2. The van der Waals surface area contributed by atoms with Crippen LogP contribution < -0.4 is 11.5 Å². The molecule has 62 valence electrons. The van der Waals surface area contributed by atoms with Gasteiger partial charge in [0.05, 0.1) is 0 Å². The second-order valence-corrected chi connectivity index (χ2v) is 4.89. The minimum atomic E-state index is 0.179. The van der Waals surface area contributed by atoms with Crippen LogP contribution in [0.5, 0.6) is 0 Å². The van der Waals surface area contributed by atoms with E-state index in [1.165, 1.54) is 38.5 Å². The maximum Gasteiger partial charge on any atom is 0.0230 e. The Labute approximate surface area is 67.3 Å². The Bertz CT molecular complexity index is 190. The van der Waals surface area contributed by atoms with E-state index in [4.69, 9.17) is 11.5 Å². The summed E-state index contributed by atoms with van der Waals surface area (Å²) < 4.78 is 0. The first kappa shape index (κ1) is 6.44. The molecule has 3 rings (SSSR count). The highest BCUT2D eigenvalue weighted by molar-refractivity contribution is 5.31. The molecule has 0 radical (unpaired) electrons. The van der Waals surface area contributed by atoms with Gasteiger partial charge in [0, 0.05) is 16.5 Å². The zero-order chi connectivity index (χ0) is 7.74. The molecular formula is C9H16N2. The van der Waals surface area contributed by atoms with Crippen molar-refractivity contribution in [2.75, 3.05) is 0 Å². The summed E-state index contributed by atoms with van der Waals surface area (Å²) in [5, 5.41) is 0. The van der Waals surface area contributed by atoms with Gasteiger partial charge in [-0.2, -0.15) is 0 Å². The van der Waals surface area contributed by atoms with E-state index in [0.29, 0.717) is 5.41 Å². The highest BCUT2D eigenvalue weighted by Crippen LogP contribution is 2.72. The Balaban J connectivity index is 1.94. The molecule has 0 saturated heterocycles. The average molecular weight is 152 g/mol. The molecule has 0 atom stereocenters. The van der Waals surface area contributed by atoms with Crippen LogP contribution >= 0.6 is 0 Å². The predicted molar refractivity (Wildman–Crippen MR) is 44.0 cm³/mol. The van der Waals surface area contributed by atoms with Gasteiger partial charge in [-0.05, 0) is 38.5 Å². The molecule has 0 amide bonds. The maximum absolute atomic E-state index is 6.23. The van der Waals surface area contributed by atoms with E-state index in [-0.39, 0.29) is 11.1 Å². The minimum Gasteiger partial charge on any atom is -0.325 e. The molecule has 0 bridgehead atoms. The van der Waals surface area contributed by atoms with Crippen LogP contribution in [0.25, 0.3) is 0 Å². The van der Waals surface area contributed by atoms with Gasteiger partial charge < -0.3 is 11.5 Å². The topological polar surface area (TPSA) is 52.0 Å². The lowest BCUT2D eigenvalue weighted by atomic mass is 9.84. The van der Waals surface area contributed by atoms with Gasteiger partial charge in [0.25, 0.3) is 0 Å². The first-order valence-electron chi connectivity index (χ1n) is 4.70. The Kier molecular flexibility index (Phi) is 0.807. The van der Waals surface area contributed by atoms with Crippen LogP contribution in [-0.2, 0) is 0 Å². The fraction of sp³-hybridized carbons (Fsp3) is 1.00. The van der Waals surface area contributed by atoms with E-state index in [2.05, 4.69) is 0 Å². The molecule has 2 nitrogen and oxygen atoms in total. The van der Waals surface area contributed by atoms with Gasteiger partial charge in [0.1, 0.15) is 0 Å². The largest absolute Gasteiger partial charge is 0.325 e. The summed E-state index contributed by atoms with van der Waals surface area (Å²) in [6.07, 6.45) is 7.52. The molecule has 11 heavy (non-hydrogen) atoms. The molecule has 0 aliphatic heterocycles. The molecule has 0 heterocycles. The van der Waals surface area contributed by atoms with E-state index in [9.17, 15) is 0 Å². The maximum atomic E-state index is 6.23. The summed E-state index contributed by atoms with van der Waals surface area (Å²) in [4.78, 5) is 0. The van der Waals surface area contributed by atoms with Crippen molar-refractivity contribution in [3.8, 4) is 0 Å². The third-order valence-corrected chi connectivity index (χ3v) is 4.23. The van der Waals surface area contributed by atoms with Gasteiger partial charge in [-0.15, -0.1) is 0 Å². The molecule has 3 fully saturated rings. The van der Waals surface area contributed by atoms with Crippen molar-refractivity contribution < 1.29 is 0 Å². The van der Waals surface area contributed by atoms with Crippen molar-refractivity contribution in [1.29, 1.82) is 0 Å². The molecule has 3 saturated carbocycles. The van der Waals surface area contributed by atoms with Crippen molar-refractivity contribution in [2.24, 2.45) is 16.9 Å². The van der Waals surface area contributed by atoms with Crippen molar-refractivity contribution in [3.63, 3.8) is 0 Å². The first-order chi connectivity index (χ1) is 5.12. The molecular weight excluding hydrogens is 136 g/mol. The highest BCUT2D eigenvalue weighted by Gasteiger charge is 2.74. The third kappa shape index (κ3) is 0.574. The fourth-order valence-electron chi connectivity index (χ4n) is 2.84. The molecule has 0 aromatic heterocycles. The Morgan fingerprint density at radius 2 is 1.00 bits per heavy atom. The lowest BCUT2D eigenvalue weighted by Gasteiger charge is -2.29. The summed E-state index contributed by atoms with van der Waals surface area (Å²) >= 11 is 0. The third-order valence-electron chi connectivity index (χ3n) is 4.23. The minimum absolute atomic E-state index is 0.179. The number of nitrogens with two attached hydrogens (primary N) is 2. The van der Waals surface area contributed by atoms with E-state index in [1.807, 2.05) is 0 Å². The molecule has 2 heteroatoms. The zero-order valence-electron chi connectivity index (χ0n) is 6.90. The summed E-state index contributed by atoms with van der Waals surface area (Å²) in [7, 11) is 0. The van der Waals surface area contributed by atoms with Crippen molar-refractivity contribution in [2.45, 2.75) is 49.6 Å². The molecule has 3 aliphatic rings. The van der Waals surface area contributed by atoms with Gasteiger partial charge in [-0.1, -0.05) is 0 Å². The van der Waals surface area contributed by atoms with Crippen LogP contribution in [0.1, 0.15) is 38.5 Å². The molecule has 3 aliphatic carbocycles. The molecule has 0 aromatic rings. The van der Waals surface area contributed by atoms with Crippen LogP contribution in [0.2, 0.25) is 0 Å². The highest BCUT2D eigenvalue weighted by atomic mass is 15.0. The van der Waals surface area contributed by atoms with Crippen molar-refractivity contribution in [3.05, 3.63) is 0 Å². The summed E-state index contributed by atoms with van der Waals surface area (Å²) in [5.41, 5.74) is 13.2. The number of hydrogen-bond donors (Lipinski definition) is 2. The first-order valence-corrected chi connectivity index (χ1v) is 4.70. The predicted octanol–water partition coefficient (Wildman–Crippen LogP) is 0.749. The molecule has 0 aromatic carbocycles. The second-order valence-electron chi connectivity index (χ2n) is 4.89. The molecule has 4 N–H and O–H groups in total. The molecule has 0 spiro atoms.